The number of aryl methyl sites for hydroxylation is 2. The van der Waals surface area contributed by atoms with Gasteiger partial charge in [0.05, 0.1) is 0 Å². The molecule has 0 aliphatic carbocycles. The summed E-state index contributed by atoms with van der Waals surface area (Å²) in [4.78, 5) is 19.0. The molecule has 1 N–H and O–H groups in total. The van der Waals surface area contributed by atoms with Crippen molar-refractivity contribution in [1.29, 1.82) is 0 Å². The zero-order valence-electron chi connectivity index (χ0n) is 10.6. The number of hydrogen-bond donors (Lipinski definition) is 1. The van der Waals surface area contributed by atoms with Crippen LogP contribution in [0.25, 0.3) is 0 Å². The SMILES string of the molecule is CNc1nc(=O)n(CCCCn2cncn2)cc1F. The molecule has 0 atom stereocenters. The lowest BCUT2D eigenvalue weighted by atomic mass is 10.3. The summed E-state index contributed by atoms with van der Waals surface area (Å²) < 4.78 is 16.4. The van der Waals surface area contributed by atoms with E-state index < -0.39 is 11.5 Å². The Morgan fingerprint density at radius 2 is 2.16 bits per heavy atom. The molecule has 0 saturated carbocycles. The van der Waals surface area contributed by atoms with Gasteiger partial charge in [0.25, 0.3) is 0 Å². The second-order valence-corrected chi connectivity index (χ2v) is 4.03. The summed E-state index contributed by atoms with van der Waals surface area (Å²) in [6.45, 7) is 1.15. The van der Waals surface area contributed by atoms with Crippen LogP contribution < -0.4 is 11.0 Å². The summed E-state index contributed by atoms with van der Waals surface area (Å²) in [6.07, 6.45) is 5.84. The summed E-state index contributed by atoms with van der Waals surface area (Å²) >= 11 is 0. The predicted octanol–water partition coefficient (Wildman–Crippen LogP) is 0.496. The first kappa shape index (κ1) is 13.2. The standard InChI is InChI=1S/C11H15FN6O/c1-13-10-9(12)6-17(11(19)16-10)4-2-3-5-18-8-14-7-15-18/h6-8H,2-5H2,1H3,(H,13,16,19). The molecule has 2 rings (SSSR count). The maximum atomic E-state index is 13.5. The maximum absolute atomic E-state index is 13.5. The van der Waals surface area contributed by atoms with Crippen LogP contribution in [0.1, 0.15) is 12.8 Å². The van der Waals surface area contributed by atoms with Gasteiger partial charge in [-0.1, -0.05) is 0 Å². The van der Waals surface area contributed by atoms with Crippen molar-refractivity contribution >= 4 is 5.82 Å². The van der Waals surface area contributed by atoms with Crippen molar-refractivity contribution in [2.75, 3.05) is 12.4 Å². The Balaban J connectivity index is 1.89. The molecule has 0 unspecified atom stereocenters. The first-order chi connectivity index (χ1) is 9.20. The minimum atomic E-state index is -0.529. The molecule has 2 heterocycles. The van der Waals surface area contributed by atoms with Gasteiger partial charge in [0, 0.05) is 26.3 Å². The van der Waals surface area contributed by atoms with Crippen molar-refractivity contribution in [3.05, 3.63) is 35.2 Å². The Labute approximate surface area is 109 Å². The Hall–Kier alpha value is -2.25. The molecule has 0 amide bonds. The molecule has 0 fully saturated rings. The average Bonchev–Trinajstić information content (AvgIpc) is 2.91. The van der Waals surface area contributed by atoms with Gasteiger partial charge in [0.1, 0.15) is 12.7 Å². The highest BCUT2D eigenvalue weighted by atomic mass is 19.1. The fourth-order valence-electron chi connectivity index (χ4n) is 1.71. The molecule has 8 heteroatoms. The lowest BCUT2D eigenvalue weighted by molar-refractivity contribution is 0.500. The van der Waals surface area contributed by atoms with Gasteiger partial charge in [-0.05, 0) is 12.8 Å². The Morgan fingerprint density at radius 1 is 1.37 bits per heavy atom. The predicted molar refractivity (Wildman–Crippen MR) is 67.3 cm³/mol. The molecule has 0 bridgehead atoms. The van der Waals surface area contributed by atoms with Crippen LogP contribution in [-0.4, -0.2) is 31.4 Å². The lowest BCUT2D eigenvalue weighted by Gasteiger charge is -2.07. The van der Waals surface area contributed by atoms with E-state index in [4.69, 9.17) is 0 Å². The number of halogens is 1. The van der Waals surface area contributed by atoms with E-state index in [1.54, 1.807) is 11.0 Å². The van der Waals surface area contributed by atoms with E-state index in [1.807, 2.05) is 0 Å². The van der Waals surface area contributed by atoms with Gasteiger partial charge in [-0.15, -0.1) is 0 Å². The zero-order valence-corrected chi connectivity index (χ0v) is 10.6. The first-order valence-corrected chi connectivity index (χ1v) is 5.98. The molecule has 19 heavy (non-hydrogen) atoms. The fraction of sp³-hybridized carbons (Fsp3) is 0.455. The molecule has 2 aromatic heterocycles. The van der Waals surface area contributed by atoms with E-state index in [0.29, 0.717) is 6.54 Å². The number of nitrogens with zero attached hydrogens (tertiary/aromatic N) is 5. The maximum Gasteiger partial charge on any atom is 0.349 e. The zero-order chi connectivity index (χ0) is 13.7. The van der Waals surface area contributed by atoms with Crippen molar-refractivity contribution in [3.8, 4) is 0 Å². The first-order valence-electron chi connectivity index (χ1n) is 5.98. The summed E-state index contributed by atoms with van der Waals surface area (Å²) in [5.74, 6) is -0.553. The number of rotatable bonds is 6. The lowest BCUT2D eigenvalue weighted by Crippen LogP contribution is -2.24. The van der Waals surface area contributed by atoms with Crippen LogP contribution in [0.15, 0.2) is 23.6 Å². The van der Waals surface area contributed by atoms with Crippen LogP contribution in [0, 0.1) is 5.82 Å². The van der Waals surface area contributed by atoms with E-state index in [1.165, 1.54) is 24.1 Å². The van der Waals surface area contributed by atoms with Crippen LogP contribution in [0.3, 0.4) is 0 Å². The normalized spacial score (nSPS) is 10.6. The van der Waals surface area contributed by atoms with E-state index in [9.17, 15) is 9.18 Å². The summed E-state index contributed by atoms with van der Waals surface area (Å²) in [5.41, 5.74) is -0.452. The van der Waals surface area contributed by atoms with Crippen molar-refractivity contribution in [2.45, 2.75) is 25.9 Å². The Bertz CT molecular complexity index is 579. The van der Waals surface area contributed by atoms with Gasteiger partial charge in [-0.2, -0.15) is 10.1 Å². The van der Waals surface area contributed by atoms with Crippen molar-refractivity contribution in [2.24, 2.45) is 0 Å². The summed E-state index contributed by atoms with van der Waals surface area (Å²) in [5, 5.41) is 6.50. The fourth-order valence-corrected chi connectivity index (χ4v) is 1.71. The molecule has 0 saturated heterocycles. The molecule has 0 aliphatic heterocycles. The van der Waals surface area contributed by atoms with Crippen LogP contribution >= 0.6 is 0 Å². The van der Waals surface area contributed by atoms with Gasteiger partial charge in [-0.3, -0.25) is 9.25 Å². The van der Waals surface area contributed by atoms with Gasteiger partial charge >= 0.3 is 5.69 Å². The highest BCUT2D eigenvalue weighted by Crippen LogP contribution is 2.06. The van der Waals surface area contributed by atoms with E-state index in [2.05, 4.69) is 20.4 Å². The van der Waals surface area contributed by atoms with Gasteiger partial charge < -0.3 is 5.32 Å². The highest BCUT2D eigenvalue weighted by molar-refractivity contribution is 5.32. The van der Waals surface area contributed by atoms with Crippen LogP contribution in [0.4, 0.5) is 10.2 Å². The summed E-state index contributed by atoms with van der Waals surface area (Å²) in [7, 11) is 1.52. The number of hydrogen-bond acceptors (Lipinski definition) is 5. The minimum absolute atomic E-state index is 0.0242. The van der Waals surface area contributed by atoms with Gasteiger partial charge in [0.15, 0.2) is 11.6 Å². The molecule has 0 aliphatic rings. The molecular weight excluding hydrogens is 251 g/mol. The Morgan fingerprint density at radius 3 is 2.84 bits per heavy atom. The van der Waals surface area contributed by atoms with Crippen LogP contribution in [0.5, 0.6) is 0 Å². The minimum Gasteiger partial charge on any atom is -0.370 e. The van der Waals surface area contributed by atoms with Crippen molar-refractivity contribution in [3.63, 3.8) is 0 Å². The van der Waals surface area contributed by atoms with Crippen LogP contribution in [0.2, 0.25) is 0 Å². The summed E-state index contributed by atoms with van der Waals surface area (Å²) in [6, 6.07) is 0. The topological polar surface area (TPSA) is 77.6 Å². The van der Waals surface area contributed by atoms with Gasteiger partial charge in [-0.25, -0.2) is 14.2 Å². The quantitative estimate of drug-likeness (QED) is 0.770. The molecule has 2 aromatic rings. The molecule has 0 radical (unpaired) electrons. The number of aromatic nitrogens is 5. The third-order valence-corrected chi connectivity index (χ3v) is 2.69. The van der Waals surface area contributed by atoms with E-state index in [0.717, 1.165) is 19.4 Å². The van der Waals surface area contributed by atoms with Crippen molar-refractivity contribution < 1.29 is 4.39 Å². The number of nitrogens with one attached hydrogen (secondary N) is 1. The second kappa shape index (κ2) is 6.07. The molecule has 0 aromatic carbocycles. The van der Waals surface area contributed by atoms with Gasteiger partial charge in [0.2, 0.25) is 0 Å². The average molecular weight is 266 g/mol. The monoisotopic (exact) mass is 266 g/mol. The second-order valence-electron chi connectivity index (χ2n) is 4.03. The Kier molecular flexibility index (Phi) is 4.22. The molecule has 7 nitrogen and oxygen atoms in total. The van der Waals surface area contributed by atoms with Crippen molar-refractivity contribution in [1.82, 2.24) is 24.3 Å². The smallest absolute Gasteiger partial charge is 0.349 e. The highest BCUT2D eigenvalue weighted by Gasteiger charge is 2.06. The number of anilines is 1. The third-order valence-electron chi connectivity index (χ3n) is 2.69. The van der Waals surface area contributed by atoms with Crippen LogP contribution in [-0.2, 0) is 13.1 Å². The molecular formula is C11H15FN6O. The van der Waals surface area contributed by atoms with E-state index in [-0.39, 0.29) is 5.82 Å². The third kappa shape index (κ3) is 3.36. The molecule has 102 valence electrons. The molecule has 0 spiro atoms. The number of unbranched alkanes of at least 4 members (excludes halogenated alkanes) is 1. The largest absolute Gasteiger partial charge is 0.370 e. The van der Waals surface area contributed by atoms with E-state index >= 15 is 0 Å².